The van der Waals surface area contributed by atoms with E-state index in [9.17, 15) is 29.6 Å². The van der Waals surface area contributed by atoms with E-state index in [0.717, 1.165) is 6.07 Å². The van der Waals surface area contributed by atoms with Gasteiger partial charge < -0.3 is 20.4 Å². The molecular formula is C15H18N4O6. The predicted molar refractivity (Wildman–Crippen MR) is 89.6 cm³/mol. The molecule has 1 atom stereocenters. The van der Waals surface area contributed by atoms with Crippen LogP contribution in [-0.2, 0) is 11.3 Å². The molecule has 0 spiro atoms. The van der Waals surface area contributed by atoms with Gasteiger partial charge in [0, 0.05) is 18.7 Å². The molecule has 2 aromatic rings. The Balaban J connectivity index is 2.46. The van der Waals surface area contributed by atoms with Gasteiger partial charge in [-0.3, -0.25) is 24.5 Å². The number of carboxylic acids is 1. The van der Waals surface area contributed by atoms with E-state index < -0.39 is 28.1 Å². The van der Waals surface area contributed by atoms with E-state index in [-0.39, 0.29) is 29.2 Å². The van der Waals surface area contributed by atoms with Crippen LogP contribution in [0.2, 0.25) is 0 Å². The second-order valence-corrected chi connectivity index (χ2v) is 6.09. The molecule has 0 aliphatic heterocycles. The third-order valence-corrected chi connectivity index (χ3v) is 3.65. The Morgan fingerprint density at radius 1 is 1.28 bits per heavy atom. The Hall–Kier alpha value is -3.01. The molecule has 10 nitrogen and oxygen atoms in total. The monoisotopic (exact) mass is 350 g/mol. The van der Waals surface area contributed by atoms with Gasteiger partial charge in [0.1, 0.15) is 6.04 Å². The lowest BCUT2D eigenvalue weighted by atomic mass is 10.0. The van der Waals surface area contributed by atoms with Crippen molar-refractivity contribution in [1.29, 1.82) is 0 Å². The Bertz CT molecular complexity index is 930. The number of hydrogen-bond acceptors (Lipinski definition) is 6. The van der Waals surface area contributed by atoms with Crippen LogP contribution < -0.4 is 16.4 Å². The van der Waals surface area contributed by atoms with Crippen molar-refractivity contribution < 1.29 is 14.8 Å². The minimum absolute atomic E-state index is 0.0240. The molecule has 0 saturated carbocycles. The Labute approximate surface area is 141 Å². The van der Waals surface area contributed by atoms with Gasteiger partial charge in [0.15, 0.2) is 0 Å². The van der Waals surface area contributed by atoms with Gasteiger partial charge in [0.25, 0.3) is 5.69 Å². The Kier molecular flexibility index (Phi) is 5.32. The van der Waals surface area contributed by atoms with Gasteiger partial charge in [-0.15, -0.1) is 0 Å². The number of rotatable bonds is 7. The zero-order valence-corrected chi connectivity index (χ0v) is 13.7. The van der Waals surface area contributed by atoms with E-state index in [1.807, 2.05) is 13.8 Å². The number of H-pyrrole nitrogens is 2. The van der Waals surface area contributed by atoms with Gasteiger partial charge in [-0.1, -0.05) is 13.8 Å². The van der Waals surface area contributed by atoms with Gasteiger partial charge >= 0.3 is 17.1 Å². The number of aliphatic carboxylic acids is 1. The average molecular weight is 350 g/mol. The summed E-state index contributed by atoms with van der Waals surface area (Å²) in [5.74, 6) is -0.906. The van der Waals surface area contributed by atoms with Crippen LogP contribution in [-0.4, -0.2) is 32.0 Å². The number of benzene rings is 1. The van der Waals surface area contributed by atoms with Gasteiger partial charge in [-0.2, -0.15) is 0 Å². The smallest absolute Gasteiger partial charge is 0.320 e. The number of carboxylic acid groups (broad SMARTS) is 1. The van der Waals surface area contributed by atoms with Gasteiger partial charge in [-0.25, -0.2) is 0 Å². The number of non-ortho nitro benzene ring substituents is 1. The highest BCUT2D eigenvalue weighted by molar-refractivity contribution is 5.80. The van der Waals surface area contributed by atoms with Gasteiger partial charge in [0.2, 0.25) is 0 Å². The Morgan fingerprint density at radius 2 is 1.92 bits per heavy atom. The summed E-state index contributed by atoms with van der Waals surface area (Å²) in [5.41, 5.74) is -1.45. The molecule has 0 aliphatic carbocycles. The first-order chi connectivity index (χ1) is 11.7. The number of carbonyl (C=O) groups is 1. The zero-order valence-electron chi connectivity index (χ0n) is 13.7. The molecule has 10 heteroatoms. The summed E-state index contributed by atoms with van der Waals surface area (Å²) in [4.78, 5) is 49.4. The van der Waals surface area contributed by atoms with Crippen molar-refractivity contribution in [3.8, 4) is 0 Å². The maximum absolute atomic E-state index is 11.5. The summed E-state index contributed by atoms with van der Waals surface area (Å²) in [5, 5.41) is 23.2. The number of aromatic nitrogens is 2. The molecule has 0 amide bonds. The molecule has 0 fully saturated rings. The number of nitro groups is 1. The van der Waals surface area contributed by atoms with Crippen LogP contribution >= 0.6 is 0 Å². The zero-order chi connectivity index (χ0) is 18.7. The van der Waals surface area contributed by atoms with Crippen molar-refractivity contribution in [2.24, 2.45) is 5.92 Å². The van der Waals surface area contributed by atoms with Crippen LogP contribution in [0, 0.1) is 16.0 Å². The summed E-state index contributed by atoms with van der Waals surface area (Å²) in [7, 11) is 0. The maximum Gasteiger partial charge on any atom is 0.320 e. The van der Waals surface area contributed by atoms with Gasteiger partial charge in [0.05, 0.1) is 16.0 Å². The van der Waals surface area contributed by atoms with Crippen molar-refractivity contribution in [1.82, 2.24) is 15.3 Å². The molecule has 1 heterocycles. The molecular weight excluding hydrogens is 332 g/mol. The third kappa shape index (κ3) is 4.29. The molecule has 2 rings (SSSR count). The number of nitro benzene ring substituents is 1. The average Bonchev–Trinajstić information content (AvgIpc) is 2.51. The van der Waals surface area contributed by atoms with Crippen molar-refractivity contribution in [3.05, 3.63) is 48.5 Å². The van der Waals surface area contributed by atoms with Crippen LogP contribution in [0.15, 0.2) is 21.7 Å². The topological polar surface area (TPSA) is 158 Å². The van der Waals surface area contributed by atoms with E-state index in [1.54, 1.807) is 0 Å². The second kappa shape index (κ2) is 7.26. The van der Waals surface area contributed by atoms with Crippen molar-refractivity contribution >= 4 is 22.7 Å². The van der Waals surface area contributed by atoms with E-state index in [1.165, 1.54) is 6.07 Å². The summed E-state index contributed by atoms with van der Waals surface area (Å²) < 4.78 is 0. The number of hydrogen-bond donors (Lipinski definition) is 4. The highest BCUT2D eigenvalue weighted by atomic mass is 16.6. The fourth-order valence-corrected chi connectivity index (χ4v) is 2.50. The van der Waals surface area contributed by atoms with E-state index >= 15 is 0 Å². The van der Waals surface area contributed by atoms with E-state index in [4.69, 9.17) is 0 Å². The second-order valence-electron chi connectivity index (χ2n) is 6.09. The highest BCUT2D eigenvalue weighted by Crippen LogP contribution is 2.21. The largest absolute Gasteiger partial charge is 0.480 e. The minimum atomic E-state index is -1.04. The minimum Gasteiger partial charge on any atom is -0.480 e. The van der Waals surface area contributed by atoms with Crippen molar-refractivity contribution in [2.45, 2.75) is 32.9 Å². The maximum atomic E-state index is 11.5. The summed E-state index contributed by atoms with van der Waals surface area (Å²) >= 11 is 0. The summed E-state index contributed by atoms with van der Waals surface area (Å²) in [6.45, 7) is 3.73. The standard InChI is InChI=1S/C15H18N4O6/c1-7(2)3-11(15(22)23)16-6-8-4-9(19(24)25)5-10-12(8)18-14(21)13(20)17-10/h4-5,7,11,16H,3,6H2,1-2H3,(H,17,20)(H,18,21)(H,22,23)/t11-/m0/s1. The molecule has 1 aromatic carbocycles. The molecule has 1 aromatic heterocycles. The first-order valence-electron chi connectivity index (χ1n) is 7.59. The number of fused-ring (bicyclic) bond motifs is 1. The SMILES string of the molecule is CC(C)C[C@H](NCc1cc([N+](=O)[O-])cc2[nH]c(=O)c(=O)[nH]c12)C(=O)O. The number of nitrogens with one attached hydrogen (secondary N) is 3. The molecule has 0 unspecified atom stereocenters. The molecule has 4 N–H and O–H groups in total. The normalized spacial score (nSPS) is 12.4. The van der Waals surface area contributed by atoms with Crippen molar-refractivity contribution in [3.63, 3.8) is 0 Å². The lowest BCUT2D eigenvalue weighted by molar-refractivity contribution is -0.384. The van der Waals surface area contributed by atoms with Crippen molar-refractivity contribution in [2.75, 3.05) is 0 Å². The molecule has 0 aliphatic rings. The molecule has 0 bridgehead atoms. The predicted octanol–water partition coefficient (Wildman–Crippen LogP) is 0.713. The van der Waals surface area contributed by atoms with E-state index in [0.29, 0.717) is 12.0 Å². The fourth-order valence-electron chi connectivity index (χ4n) is 2.50. The van der Waals surface area contributed by atoms with Crippen LogP contribution in [0.3, 0.4) is 0 Å². The molecule has 25 heavy (non-hydrogen) atoms. The number of nitrogens with zero attached hydrogens (tertiary/aromatic N) is 1. The quantitative estimate of drug-likeness (QED) is 0.325. The molecule has 0 radical (unpaired) electrons. The van der Waals surface area contributed by atoms with Gasteiger partial charge in [-0.05, 0) is 17.9 Å². The number of aromatic amines is 2. The summed E-state index contributed by atoms with van der Waals surface area (Å²) in [6.07, 6.45) is 0.371. The first kappa shape index (κ1) is 18.3. The van der Waals surface area contributed by atoms with Crippen LogP contribution in [0.4, 0.5) is 5.69 Å². The van der Waals surface area contributed by atoms with Crippen LogP contribution in [0.25, 0.3) is 11.0 Å². The molecule has 0 saturated heterocycles. The molecule has 134 valence electrons. The lowest BCUT2D eigenvalue weighted by Crippen LogP contribution is -2.37. The lowest BCUT2D eigenvalue weighted by Gasteiger charge is -2.17. The van der Waals surface area contributed by atoms with Crippen LogP contribution in [0.5, 0.6) is 0 Å². The highest BCUT2D eigenvalue weighted by Gasteiger charge is 2.20. The third-order valence-electron chi connectivity index (χ3n) is 3.65. The summed E-state index contributed by atoms with van der Waals surface area (Å²) in [6, 6.07) is 1.53. The Morgan fingerprint density at radius 3 is 2.48 bits per heavy atom. The van der Waals surface area contributed by atoms with E-state index in [2.05, 4.69) is 15.3 Å². The van der Waals surface area contributed by atoms with Crippen LogP contribution in [0.1, 0.15) is 25.8 Å². The first-order valence-corrected chi connectivity index (χ1v) is 7.59. The fraction of sp³-hybridized carbons (Fsp3) is 0.400.